The highest BCUT2D eigenvalue weighted by Crippen LogP contribution is 2.23. The molecular weight excluding hydrogens is 202 g/mol. The minimum Gasteiger partial charge on any atom is -0.400 e. The summed E-state index contributed by atoms with van der Waals surface area (Å²) in [7, 11) is 3.28. The van der Waals surface area contributed by atoms with E-state index in [1.807, 2.05) is 0 Å². The van der Waals surface area contributed by atoms with Crippen molar-refractivity contribution in [3.05, 3.63) is 0 Å². The van der Waals surface area contributed by atoms with Gasteiger partial charge >= 0.3 is 0 Å². The molecule has 2 fully saturated rings. The van der Waals surface area contributed by atoms with Crippen molar-refractivity contribution in [1.29, 1.82) is 0 Å². The van der Waals surface area contributed by atoms with E-state index in [4.69, 9.17) is 5.11 Å². The number of likely N-dealkylation sites (N-methyl/N-ethyl adjacent to an activating group) is 1. The molecule has 0 atom stereocenters. The van der Waals surface area contributed by atoms with Crippen LogP contribution in [0.3, 0.4) is 0 Å². The number of aliphatic hydroxyl groups excluding tert-OH is 1. The van der Waals surface area contributed by atoms with Crippen LogP contribution in [0.15, 0.2) is 0 Å². The Morgan fingerprint density at radius 2 is 1.88 bits per heavy atom. The van der Waals surface area contributed by atoms with Crippen molar-refractivity contribution in [3.63, 3.8) is 0 Å². The maximum Gasteiger partial charge on any atom is 0.0319 e. The first-order chi connectivity index (χ1) is 7.86. The Balaban J connectivity index is 0.000000606. The number of aliphatic hydroxyl groups is 1. The fourth-order valence-corrected chi connectivity index (χ4v) is 2.24. The van der Waals surface area contributed by atoms with Crippen LogP contribution in [0.1, 0.15) is 19.3 Å². The number of nitrogens with one attached hydrogen (secondary N) is 1. The Kier molecular flexibility index (Phi) is 6.96. The smallest absolute Gasteiger partial charge is 0.0319 e. The number of nitrogens with zero attached hydrogens (tertiary/aromatic N) is 2. The van der Waals surface area contributed by atoms with Gasteiger partial charge in [-0.25, -0.2) is 0 Å². The third-order valence-electron chi connectivity index (χ3n) is 3.68. The van der Waals surface area contributed by atoms with Crippen molar-refractivity contribution in [1.82, 2.24) is 15.1 Å². The second-order valence-corrected chi connectivity index (χ2v) is 4.66. The minimum absolute atomic E-state index is 0.901. The van der Waals surface area contributed by atoms with E-state index in [-0.39, 0.29) is 0 Å². The molecule has 96 valence electrons. The fraction of sp³-hybridized carbons (Fsp3) is 1.00. The van der Waals surface area contributed by atoms with Crippen LogP contribution >= 0.6 is 0 Å². The zero-order valence-electron chi connectivity index (χ0n) is 10.8. The third kappa shape index (κ3) is 4.37. The normalized spacial score (nSPS) is 22.5. The maximum absolute atomic E-state index is 7.00. The molecule has 0 aromatic heterocycles. The molecule has 1 heterocycles. The molecule has 0 unspecified atom stereocenters. The maximum atomic E-state index is 7.00. The zero-order chi connectivity index (χ0) is 11.8. The van der Waals surface area contributed by atoms with Crippen LogP contribution < -0.4 is 5.32 Å². The Hall–Kier alpha value is -0.160. The lowest BCUT2D eigenvalue weighted by atomic mass is 9.92. The van der Waals surface area contributed by atoms with Crippen molar-refractivity contribution < 1.29 is 5.11 Å². The Bertz CT molecular complexity index is 166. The summed E-state index contributed by atoms with van der Waals surface area (Å²) in [4.78, 5) is 5.12. The first-order valence-electron chi connectivity index (χ1n) is 6.44. The SMILES string of the molecule is CN(CCN1CCNCC1)C1CCC1.CO. The standard InChI is InChI=1S/C11H23N3.CH4O/c1-13(11-3-2-4-11)9-10-14-7-5-12-6-8-14;1-2/h11-12H,2-10H2,1H3;2H,1H3. The third-order valence-corrected chi connectivity index (χ3v) is 3.68. The average molecular weight is 229 g/mol. The van der Waals surface area contributed by atoms with Crippen molar-refractivity contribution >= 4 is 0 Å². The van der Waals surface area contributed by atoms with Crippen molar-refractivity contribution in [3.8, 4) is 0 Å². The molecule has 4 nitrogen and oxygen atoms in total. The molecule has 2 rings (SSSR count). The monoisotopic (exact) mass is 229 g/mol. The first-order valence-corrected chi connectivity index (χ1v) is 6.44. The van der Waals surface area contributed by atoms with Crippen LogP contribution in [0, 0.1) is 0 Å². The molecule has 0 radical (unpaired) electrons. The van der Waals surface area contributed by atoms with Crippen molar-refractivity contribution in [2.24, 2.45) is 0 Å². The highest BCUT2D eigenvalue weighted by Gasteiger charge is 2.22. The van der Waals surface area contributed by atoms with E-state index in [2.05, 4.69) is 22.2 Å². The van der Waals surface area contributed by atoms with E-state index in [0.29, 0.717) is 0 Å². The van der Waals surface area contributed by atoms with Crippen LogP contribution in [0.25, 0.3) is 0 Å². The number of hydrogen-bond donors (Lipinski definition) is 2. The summed E-state index contributed by atoms with van der Waals surface area (Å²) in [5.74, 6) is 0. The summed E-state index contributed by atoms with van der Waals surface area (Å²) in [5, 5.41) is 10.4. The first kappa shape index (κ1) is 13.9. The van der Waals surface area contributed by atoms with Crippen LogP contribution in [-0.4, -0.2) is 74.4 Å². The summed E-state index contributed by atoms with van der Waals surface area (Å²) in [5.41, 5.74) is 0. The van der Waals surface area contributed by atoms with Gasteiger partial charge in [0, 0.05) is 52.4 Å². The van der Waals surface area contributed by atoms with E-state index >= 15 is 0 Å². The van der Waals surface area contributed by atoms with Crippen LogP contribution in [0.5, 0.6) is 0 Å². The second kappa shape index (κ2) is 8.01. The topological polar surface area (TPSA) is 38.7 Å². The van der Waals surface area contributed by atoms with Gasteiger partial charge in [-0.05, 0) is 19.9 Å². The molecule has 2 N–H and O–H groups in total. The van der Waals surface area contributed by atoms with Gasteiger partial charge in [-0.3, -0.25) is 4.90 Å². The van der Waals surface area contributed by atoms with Gasteiger partial charge in [0.1, 0.15) is 0 Å². The molecular formula is C12H27N3O. The van der Waals surface area contributed by atoms with E-state index in [1.165, 1.54) is 58.5 Å². The molecule has 4 heteroatoms. The molecule has 16 heavy (non-hydrogen) atoms. The second-order valence-electron chi connectivity index (χ2n) is 4.66. The molecule has 1 saturated carbocycles. The average Bonchev–Trinajstić information content (AvgIpc) is 2.28. The minimum atomic E-state index is 0.901. The van der Waals surface area contributed by atoms with Gasteiger partial charge in [0.15, 0.2) is 0 Å². The molecule has 1 saturated heterocycles. The Morgan fingerprint density at radius 3 is 2.38 bits per heavy atom. The van der Waals surface area contributed by atoms with E-state index < -0.39 is 0 Å². The molecule has 2 aliphatic rings. The lowest BCUT2D eigenvalue weighted by molar-refractivity contribution is 0.132. The number of hydrogen-bond acceptors (Lipinski definition) is 4. The summed E-state index contributed by atoms with van der Waals surface area (Å²) in [6.45, 7) is 7.33. The molecule has 0 spiro atoms. The van der Waals surface area contributed by atoms with Gasteiger partial charge < -0.3 is 15.3 Å². The molecule has 1 aliphatic carbocycles. The highest BCUT2D eigenvalue weighted by molar-refractivity contribution is 4.78. The quantitative estimate of drug-likeness (QED) is 0.711. The predicted molar refractivity (Wildman–Crippen MR) is 67.7 cm³/mol. The predicted octanol–water partition coefficient (Wildman–Crippen LogP) is -0.0156. The van der Waals surface area contributed by atoms with Crippen LogP contribution in [-0.2, 0) is 0 Å². The molecule has 0 aromatic carbocycles. The highest BCUT2D eigenvalue weighted by atomic mass is 16.2. The van der Waals surface area contributed by atoms with E-state index in [0.717, 1.165) is 13.2 Å². The van der Waals surface area contributed by atoms with Gasteiger partial charge in [-0.15, -0.1) is 0 Å². The van der Waals surface area contributed by atoms with Gasteiger partial charge in [-0.2, -0.15) is 0 Å². The molecule has 0 amide bonds. The summed E-state index contributed by atoms with van der Waals surface area (Å²) >= 11 is 0. The van der Waals surface area contributed by atoms with Crippen molar-refractivity contribution in [2.75, 3.05) is 53.4 Å². The largest absolute Gasteiger partial charge is 0.400 e. The number of piperazine rings is 1. The van der Waals surface area contributed by atoms with Crippen LogP contribution in [0.2, 0.25) is 0 Å². The summed E-state index contributed by atoms with van der Waals surface area (Å²) in [6.07, 6.45) is 4.30. The van der Waals surface area contributed by atoms with Crippen LogP contribution in [0.4, 0.5) is 0 Å². The Morgan fingerprint density at radius 1 is 1.25 bits per heavy atom. The lowest BCUT2D eigenvalue weighted by Gasteiger charge is -2.36. The van der Waals surface area contributed by atoms with E-state index in [1.54, 1.807) is 0 Å². The van der Waals surface area contributed by atoms with Gasteiger partial charge in [0.25, 0.3) is 0 Å². The molecule has 0 bridgehead atoms. The Labute approximate surface area is 99.6 Å². The number of rotatable bonds is 4. The summed E-state index contributed by atoms with van der Waals surface area (Å²) in [6, 6.07) is 0.901. The van der Waals surface area contributed by atoms with Gasteiger partial charge in [0.05, 0.1) is 0 Å². The van der Waals surface area contributed by atoms with Crippen molar-refractivity contribution in [2.45, 2.75) is 25.3 Å². The van der Waals surface area contributed by atoms with E-state index in [9.17, 15) is 0 Å². The van der Waals surface area contributed by atoms with Gasteiger partial charge in [0.2, 0.25) is 0 Å². The molecule has 0 aromatic rings. The molecule has 1 aliphatic heterocycles. The zero-order valence-corrected chi connectivity index (χ0v) is 10.8. The fourth-order valence-electron chi connectivity index (χ4n) is 2.24. The lowest BCUT2D eigenvalue weighted by Crippen LogP contribution is -2.47. The summed E-state index contributed by atoms with van der Waals surface area (Å²) < 4.78 is 0. The van der Waals surface area contributed by atoms with Gasteiger partial charge in [-0.1, -0.05) is 6.42 Å².